The first-order chi connectivity index (χ1) is 6.63. The van der Waals surface area contributed by atoms with Crippen molar-refractivity contribution in [3.8, 4) is 6.07 Å². The van der Waals surface area contributed by atoms with Gasteiger partial charge in [0.2, 0.25) is 0 Å². The Hall–Kier alpha value is -1.08. The molecular weight excluding hydrogens is 180 g/mol. The highest BCUT2D eigenvalue weighted by molar-refractivity contribution is 5.70. The molecule has 1 saturated heterocycles. The normalized spacial score (nSPS) is 25.3. The zero-order valence-corrected chi connectivity index (χ0v) is 8.44. The number of nitrogens with zero attached hydrogens (tertiary/aromatic N) is 2. The van der Waals surface area contributed by atoms with Crippen LogP contribution in [0.25, 0.3) is 0 Å². The van der Waals surface area contributed by atoms with Gasteiger partial charge in [0.1, 0.15) is 0 Å². The molecule has 1 aliphatic rings. The van der Waals surface area contributed by atoms with Crippen molar-refractivity contribution in [2.45, 2.75) is 19.8 Å². The van der Waals surface area contributed by atoms with Crippen LogP contribution in [0, 0.1) is 23.2 Å². The molecule has 1 rings (SSSR count). The maximum absolute atomic E-state index is 10.8. The van der Waals surface area contributed by atoms with Crippen molar-refractivity contribution in [3.05, 3.63) is 0 Å². The second-order valence-electron chi connectivity index (χ2n) is 3.97. The molecule has 1 fully saturated rings. The summed E-state index contributed by atoms with van der Waals surface area (Å²) in [6.07, 6.45) is 1.70. The molecule has 78 valence electrons. The van der Waals surface area contributed by atoms with Crippen LogP contribution in [0.2, 0.25) is 0 Å². The molecular formula is C10H16N2O2. The van der Waals surface area contributed by atoms with Gasteiger partial charge in [-0.3, -0.25) is 4.79 Å². The Balaban J connectivity index is 2.41. The van der Waals surface area contributed by atoms with E-state index in [4.69, 9.17) is 10.4 Å². The Morgan fingerprint density at radius 2 is 2.50 bits per heavy atom. The third kappa shape index (κ3) is 3.00. The first-order valence-corrected chi connectivity index (χ1v) is 4.98. The highest BCUT2D eigenvalue weighted by atomic mass is 16.4. The molecule has 1 aliphatic heterocycles. The van der Waals surface area contributed by atoms with Crippen LogP contribution in [0.1, 0.15) is 19.8 Å². The van der Waals surface area contributed by atoms with Crippen LogP contribution in [0.15, 0.2) is 0 Å². The lowest BCUT2D eigenvalue weighted by atomic mass is 9.97. The van der Waals surface area contributed by atoms with E-state index >= 15 is 0 Å². The highest BCUT2D eigenvalue weighted by Crippen LogP contribution is 2.17. The molecule has 4 nitrogen and oxygen atoms in total. The van der Waals surface area contributed by atoms with Crippen molar-refractivity contribution in [3.63, 3.8) is 0 Å². The van der Waals surface area contributed by atoms with Crippen LogP contribution in [0.4, 0.5) is 0 Å². The fraction of sp³-hybridized carbons (Fsp3) is 0.800. The van der Waals surface area contributed by atoms with Crippen molar-refractivity contribution in [2.75, 3.05) is 19.6 Å². The zero-order valence-electron chi connectivity index (χ0n) is 8.44. The molecule has 1 heterocycles. The molecule has 0 saturated carbocycles. The summed E-state index contributed by atoms with van der Waals surface area (Å²) >= 11 is 0. The van der Waals surface area contributed by atoms with Gasteiger partial charge in [-0.05, 0) is 26.3 Å². The second-order valence-corrected chi connectivity index (χ2v) is 3.97. The van der Waals surface area contributed by atoms with Gasteiger partial charge in [-0.2, -0.15) is 5.26 Å². The zero-order chi connectivity index (χ0) is 10.6. The highest BCUT2D eigenvalue weighted by Gasteiger charge is 2.25. The number of aliphatic carboxylic acids is 1. The van der Waals surface area contributed by atoms with E-state index < -0.39 is 5.97 Å². The molecule has 0 aromatic rings. The predicted molar refractivity (Wildman–Crippen MR) is 51.6 cm³/mol. The Morgan fingerprint density at radius 1 is 1.79 bits per heavy atom. The lowest BCUT2D eigenvalue weighted by Gasteiger charge is -2.31. The van der Waals surface area contributed by atoms with E-state index in [-0.39, 0.29) is 11.8 Å². The van der Waals surface area contributed by atoms with Gasteiger partial charge in [-0.15, -0.1) is 0 Å². The van der Waals surface area contributed by atoms with Crippen molar-refractivity contribution >= 4 is 5.97 Å². The SMILES string of the molecule is C[C@H](C#N)CN1CCC[C@H](C(=O)O)C1. The molecule has 0 aliphatic carbocycles. The van der Waals surface area contributed by atoms with Gasteiger partial charge in [0.25, 0.3) is 0 Å². The van der Waals surface area contributed by atoms with Crippen molar-refractivity contribution < 1.29 is 9.90 Å². The number of piperidine rings is 1. The molecule has 0 aromatic heterocycles. The summed E-state index contributed by atoms with van der Waals surface area (Å²) < 4.78 is 0. The fourth-order valence-electron chi connectivity index (χ4n) is 1.85. The van der Waals surface area contributed by atoms with Gasteiger partial charge < -0.3 is 10.0 Å². The van der Waals surface area contributed by atoms with Gasteiger partial charge >= 0.3 is 5.97 Å². The number of likely N-dealkylation sites (tertiary alicyclic amines) is 1. The van der Waals surface area contributed by atoms with Gasteiger partial charge in [-0.25, -0.2) is 0 Å². The maximum Gasteiger partial charge on any atom is 0.307 e. The quantitative estimate of drug-likeness (QED) is 0.729. The monoisotopic (exact) mass is 196 g/mol. The summed E-state index contributed by atoms with van der Waals surface area (Å²) in [5, 5.41) is 17.5. The summed E-state index contributed by atoms with van der Waals surface area (Å²) in [5.74, 6) is -0.962. The van der Waals surface area contributed by atoms with E-state index in [2.05, 4.69) is 11.0 Å². The average molecular weight is 196 g/mol. The largest absolute Gasteiger partial charge is 0.481 e. The number of nitriles is 1. The summed E-state index contributed by atoms with van der Waals surface area (Å²) in [5.41, 5.74) is 0. The fourth-order valence-corrected chi connectivity index (χ4v) is 1.85. The summed E-state index contributed by atoms with van der Waals surface area (Å²) in [7, 11) is 0. The molecule has 1 N–H and O–H groups in total. The molecule has 0 aromatic carbocycles. The number of carbonyl (C=O) groups is 1. The Bertz CT molecular complexity index is 247. The van der Waals surface area contributed by atoms with Crippen LogP contribution < -0.4 is 0 Å². The number of hydrogen-bond donors (Lipinski definition) is 1. The Morgan fingerprint density at radius 3 is 3.07 bits per heavy atom. The lowest BCUT2D eigenvalue weighted by molar-refractivity contribution is -0.143. The molecule has 0 unspecified atom stereocenters. The van der Waals surface area contributed by atoms with Gasteiger partial charge in [0, 0.05) is 13.1 Å². The maximum atomic E-state index is 10.8. The minimum atomic E-state index is -0.709. The predicted octanol–water partition coefficient (Wildman–Crippen LogP) is 0.943. The summed E-state index contributed by atoms with van der Waals surface area (Å²) in [4.78, 5) is 12.8. The first-order valence-electron chi connectivity index (χ1n) is 4.98. The molecule has 14 heavy (non-hydrogen) atoms. The number of rotatable bonds is 3. The third-order valence-corrected chi connectivity index (χ3v) is 2.61. The van der Waals surface area contributed by atoms with Gasteiger partial charge in [-0.1, -0.05) is 0 Å². The average Bonchev–Trinajstić information content (AvgIpc) is 2.18. The van der Waals surface area contributed by atoms with Crippen LogP contribution in [0.5, 0.6) is 0 Å². The molecule has 0 bridgehead atoms. The standard InChI is InChI=1S/C10H16N2O2/c1-8(5-11)6-12-4-2-3-9(7-12)10(13)14/h8-9H,2-4,6-7H2,1H3,(H,13,14)/t8-,9+/m1/s1. The van der Waals surface area contributed by atoms with E-state index in [0.717, 1.165) is 19.4 Å². The topological polar surface area (TPSA) is 64.3 Å². The van der Waals surface area contributed by atoms with Gasteiger partial charge in [0.15, 0.2) is 0 Å². The second kappa shape index (κ2) is 4.97. The van der Waals surface area contributed by atoms with Crippen molar-refractivity contribution in [1.29, 1.82) is 5.26 Å². The molecule has 4 heteroatoms. The minimum Gasteiger partial charge on any atom is -0.481 e. The molecule has 0 amide bonds. The molecule has 0 spiro atoms. The van der Waals surface area contributed by atoms with Crippen molar-refractivity contribution in [2.24, 2.45) is 11.8 Å². The van der Waals surface area contributed by atoms with E-state index in [9.17, 15) is 4.79 Å². The van der Waals surface area contributed by atoms with Crippen molar-refractivity contribution in [1.82, 2.24) is 4.90 Å². The molecule has 2 atom stereocenters. The number of carboxylic acids is 1. The van der Waals surface area contributed by atoms with E-state index in [0.29, 0.717) is 13.1 Å². The number of carboxylic acid groups (broad SMARTS) is 1. The van der Waals surface area contributed by atoms with E-state index in [1.807, 2.05) is 6.92 Å². The van der Waals surface area contributed by atoms with Crippen LogP contribution >= 0.6 is 0 Å². The molecule has 0 radical (unpaired) electrons. The Labute approximate surface area is 84.1 Å². The number of hydrogen-bond acceptors (Lipinski definition) is 3. The summed E-state index contributed by atoms with van der Waals surface area (Å²) in [6, 6.07) is 2.17. The lowest BCUT2D eigenvalue weighted by Crippen LogP contribution is -2.40. The summed E-state index contributed by atoms with van der Waals surface area (Å²) in [6.45, 7) is 4.09. The van der Waals surface area contributed by atoms with Gasteiger partial charge in [0.05, 0.1) is 17.9 Å². The van der Waals surface area contributed by atoms with Crippen LogP contribution in [0.3, 0.4) is 0 Å². The van der Waals surface area contributed by atoms with Crippen LogP contribution in [-0.4, -0.2) is 35.6 Å². The van der Waals surface area contributed by atoms with E-state index in [1.54, 1.807) is 0 Å². The minimum absolute atomic E-state index is 0.0115. The Kier molecular flexibility index (Phi) is 3.90. The van der Waals surface area contributed by atoms with Crippen LogP contribution in [-0.2, 0) is 4.79 Å². The van der Waals surface area contributed by atoms with E-state index in [1.165, 1.54) is 0 Å². The first kappa shape index (κ1) is 11.0. The smallest absolute Gasteiger partial charge is 0.307 e. The third-order valence-electron chi connectivity index (χ3n) is 2.61.